The zero-order chi connectivity index (χ0) is 43.7. The number of benzene rings is 3. The number of primary amides is 1. The van der Waals surface area contributed by atoms with E-state index in [1.54, 1.807) is 30.7 Å². The largest absolute Gasteiger partial charge is 0.365 e. The molecule has 0 spiro atoms. The Morgan fingerprint density at radius 3 is 2.31 bits per heavy atom. The van der Waals surface area contributed by atoms with Crippen LogP contribution in [0.25, 0.3) is 11.0 Å². The third-order valence-electron chi connectivity index (χ3n) is 10.9. The van der Waals surface area contributed by atoms with E-state index in [2.05, 4.69) is 46.6 Å². The van der Waals surface area contributed by atoms with Crippen molar-refractivity contribution in [1.82, 2.24) is 29.1 Å². The summed E-state index contributed by atoms with van der Waals surface area (Å²) in [7, 11) is -2.00. The van der Waals surface area contributed by atoms with Crippen LogP contribution in [0.4, 0.5) is 27.5 Å². The summed E-state index contributed by atoms with van der Waals surface area (Å²) in [6, 6.07) is 14.1. The van der Waals surface area contributed by atoms with Gasteiger partial charge in [0.05, 0.1) is 31.7 Å². The zero-order valence-electron chi connectivity index (χ0n) is 34.2. The van der Waals surface area contributed by atoms with E-state index < -0.39 is 33.7 Å². The molecule has 6 rings (SSSR count). The van der Waals surface area contributed by atoms with E-state index in [1.807, 2.05) is 18.2 Å². The zero-order valence-corrected chi connectivity index (χ0v) is 36.6. The second-order valence-corrected chi connectivity index (χ2v) is 17.9. The number of carbonyl (C=O) groups excluding carboxylic acids is 3. The van der Waals surface area contributed by atoms with Gasteiger partial charge in [0.15, 0.2) is 0 Å². The highest BCUT2D eigenvalue weighted by Gasteiger charge is 2.31. The molecular formula is C43H51BrFN9O6S. The van der Waals surface area contributed by atoms with Crippen LogP contribution in [0.3, 0.4) is 0 Å². The van der Waals surface area contributed by atoms with Crippen molar-refractivity contribution >= 4 is 77.8 Å². The quantitative estimate of drug-likeness (QED) is 0.0365. The Balaban J connectivity index is 0.854. The van der Waals surface area contributed by atoms with Crippen LogP contribution in [0.5, 0.6) is 0 Å². The van der Waals surface area contributed by atoms with Gasteiger partial charge >= 0.3 is 5.69 Å². The first-order valence-corrected chi connectivity index (χ1v) is 22.8. The fraction of sp³-hybridized carbons (Fsp3) is 0.395. The fourth-order valence-corrected chi connectivity index (χ4v) is 8.99. The molecule has 1 unspecified atom stereocenters. The van der Waals surface area contributed by atoms with Gasteiger partial charge in [-0.2, -0.15) is 4.98 Å². The number of nitrogens with two attached hydrogens (primary N) is 1. The summed E-state index contributed by atoms with van der Waals surface area (Å²) in [6.07, 6.45) is 13.5. The van der Waals surface area contributed by atoms with E-state index in [0.29, 0.717) is 34.2 Å². The maximum absolute atomic E-state index is 14.3. The van der Waals surface area contributed by atoms with Crippen LogP contribution in [0, 0.1) is 12.7 Å². The SMILES string of the molecule is Cc1cc(S(=O)(=O)NCCCCCCCCCCCCc2ccc3c(c2)n(C)c(=O)n3C2CCC(=O)NC2=O)ccc1Nc1ncc(Br)c(Nc2cccc(F)c2C(N)=O)n1. The van der Waals surface area contributed by atoms with Crippen LogP contribution in [0.2, 0.25) is 0 Å². The van der Waals surface area contributed by atoms with Gasteiger partial charge in [-0.25, -0.2) is 27.3 Å². The fourth-order valence-electron chi connectivity index (χ4n) is 7.54. The lowest BCUT2D eigenvalue weighted by molar-refractivity contribution is -0.135. The number of piperidine rings is 1. The number of hydrogen-bond acceptors (Lipinski definition) is 10. The van der Waals surface area contributed by atoms with Crippen LogP contribution in [0.1, 0.15) is 105 Å². The molecule has 0 bridgehead atoms. The molecule has 1 atom stereocenters. The van der Waals surface area contributed by atoms with E-state index in [9.17, 15) is 32.0 Å². The number of halogens is 2. The molecule has 3 amide bonds. The summed E-state index contributed by atoms with van der Waals surface area (Å²) in [4.78, 5) is 57.8. The molecule has 1 fully saturated rings. The first-order valence-electron chi connectivity index (χ1n) is 20.5. The van der Waals surface area contributed by atoms with Gasteiger partial charge in [-0.1, -0.05) is 63.5 Å². The molecule has 1 saturated heterocycles. The van der Waals surface area contributed by atoms with Gasteiger partial charge in [-0.15, -0.1) is 0 Å². The van der Waals surface area contributed by atoms with Gasteiger partial charge in [0.1, 0.15) is 17.7 Å². The summed E-state index contributed by atoms with van der Waals surface area (Å²) < 4.78 is 46.6. The van der Waals surface area contributed by atoms with Crippen molar-refractivity contribution in [2.45, 2.75) is 101 Å². The highest BCUT2D eigenvalue weighted by atomic mass is 79.9. The number of sulfonamides is 1. The molecule has 3 aromatic carbocycles. The number of aromatic nitrogens is 4. The first kappa shape index (κ1) is 45.1. The first-order chi connectivity index (χ1) is 29.2. The van der Waals surface area contributed by atoms with E-state index >= 15 is 0 Å². The Morgan fingerprint density at radius 2 is 1.62 bits per heavy atom. The monoisotopic (exact) mass is 919 g/mol. The molecule has 1 aliphatic rings. The molecule has 5 aromatic rings. The van der Waals surface area contributed by atoms with Crippen molar-refractivity contribution in [3.05, 3.63) is 98.3 Å². The Morgan fingerprint density at radius 1 is 0.918 bits per heavy atom. The predicted octanol–water partition coefficient (Wildman–Crippen LogP) is 7.33. The number of nitrogens with zero attached hydrogens (tertiary/aromatic N) is 4. The smallest absolute Gasteiger partial charge is 0.329 e. The van der Waals surface area contributed by atoms with Crippen LogP contribution >= 0.6 is 15.9 Å². The molecular weight excluding hydrogens is 869 g/mol. The van der Waals surface area contributed by atoms with Gasteiger partial charge in [0.2, 0.25) is 27.8 Å². The standard InChI is InChI=1S/C43H51BrFN9O6S/c1-27-24-29(18-19-32(27)50-42-47-26-30(44)40(52-42)49-33-16-13-15-31(45)38(33)39(46)56)61(59,60)48-23-12-10-8-6-4-3-5-7-9-11-14-28-17-20-34-36(25-28)53(2)43(58)54(34)35-21-22-37(55)51-41(35)57/h13,15-20,24-26,35,48H,3-12,14,21-23H2,1-2H3,(H2,46,56)(H,51,55,57)(H2,47,49,50,52). The summed E-state index contributed by atoms with van der Waals surface area (Å²) in [5, 5.41) is 8.34. The number of fused-ring (bicyclic) bond motifs is 1. The van der Waals surface area contributed by atoms with Crippen LogP contribution in [0.15, 0.2) is 75.0 Å². The second kappa shape index (κ2) is 20.4. The molecule has 0 saturated carbocycles. The van der Waals surface area contributed by atoms with Crippen molar-refractivity contribution in [1.29, 1.82) is 0 Å². The third kappa shape index (κ3) is 11.3. The lowest BCUT2D eigenvalue weighted by atomic mass is 10.0. The molecule has 324 valence electrons. The van der Waals surface area contributed by atoms with Gasteiger partial charge < -0.3 is 16.4 Å². The lowest BCUT2D eigenvalue weighted by Crippen LogP contribution is -2.44. The Bertz CT molecular complexity index is 2600. The van der Waals surface area contributed by atoms with Crippen LogP contribution in [-0.2, 0) is 33.1 Å². The minimum Gasteiger partial charge on any atom is -0.365 e. The molecule has 15 nitrogen and oxygen atoms in total. The highest BCUT2D eigenvalue weighted by molar-refractivity contribution is 9.10. The number of imidazole rings is 1. The highest BCUT2D eigenvalue weighted by Crippen LogP contribution is 2.30. The molecule has 18 heteroatoms. The Hall–Kier alpha value is -5.46. The average Bonchev–Trinajstić information content (AvgIpc) is 3.46. The summed E-state index contributed by atoms with van der Waals surface area (Å²) in [6.45, 7) is 2.12. The second-order valence-electron chi connectivity index (χ2n) is 15.3. The molecule has 0 radical (unpaired) electrons. The number of nitrogens with one attached hydrogen (secondary N) is 4. The predicted molar refractivity (Wildman–Crippen MR) is 236 cm³/mol. The van der Waals surface area contributed by atoms with Crippen LogP contribution < -0.4 is 32.1 Å². The van der Waals surface area contributed by atoms with Crippen molar-refractivity contribution in [3.8, 4) is 0 Å². The number of rotatable bonds is 21. The van der Waals surface area contributed by atoms with E-state index in [1.165, 1.54) is 35.4 Å². The third-order valence-corrected chi connectivity index (χ3v) is 12.9. The normalized spacial score (nSPS) is 14.3. The van der Waals surface area contributed by atoms with Crippen molar-refractivity contribution in [2.75, 3.05) is 17.2 Å². The lowest BCUT2D eigenvalue weighted by Gasteiger charge is -2.21. The topological polar surface area (TPSA) is 212 Å². The Labute approximate surface area is 362 Å². The minimum atomic E-state index is -3.72. The van der Waals surface area contributed by atoms with Gasteiger partial charge in [0, 0.05) is 31.9 Å². The minimum absolute atomic E-state index is 0.139. The van der Waals surface area contributed by atoms with Gasteiger partial charge in [-0.3, -0.25) is 28.8 Å². The van der Waals surface area contributed by atoms with Crippen molar-refractivity contribution < 1.29 is 27.2 Å². The number of anilines is 4. The molecule has 6 N–H and O–H groups in total. The Kier molecular flexibility index (Phi) is 15.1. The number of amides is 3. The van der Waals surface area contributed by atoms with E-state index in [0.717, 1.165) is 81.4 Å². The molecule has 3 heterocycles. The molecule has 1 aliphatic heterocycles. The maximum atomic E-state index is 14.3. The number of carbonyl (C=O) groups is 3. The van der Waals surface area contributed by atoms with E-state index in [-0.39, 0.29) is 45.9 Å². The maximum Gasteiger partial charge on any atom is 0.329 e. The number of unbranched alkanes of at least 4 members (excludes halogenated alkanes) is 9. The van der Waals surface area contributed by atoms with Crippen molar-refractivity contribution in [2.24, 2.45) is 12.8 Å². The summed E-state index contributed by atoms with van der Waals surface area (Å²) >= 11 is 3.36. The average molecular weight is 921 g/mol. The molecule has 2 aromatic heterocycles. The number of imide groups is 1. The summed E-state index contributed by atoms with van der Waals surface area (Å²) in [5.74, 6) is -2.00. The van der Waals surface area contributed by atoms with Gasteiger partial charge in [-0.05, 0) is 102 Å². The van der Waals surface area contributed by atoms with Crippen LogP contribution in [-0.4, -0.2) is 51.8 Å². The molecule has 61 heavy (non-hydrogen) atoms. The van der Waals surface area contributed by atoms with Gasteiger partial charge in [0.25, 0.3) is 5.91 Å². The van der Waals surface area contributed by atoms with Crippen molar-refractivity contribution in [3.63, 3.8) is 0 Å². The van der Waals surface area contributed by atoms with E-state index in [4.69, 9.17) is 5.73 Å². The summed E-state index contributed by atoms with van der Waals surface area (Å²) in [5.41, 5.74) is 8.83. The number of hydrogen-bond donors (Lipinski definition) is 5. The molecule has 0 aliphatic carbocycles. The number of aryl methyl sites for hydroxylation is 3.